The molecule has 1 aromatic heterocycles. The molecule has 156 valence electrons. The highest BCUT2D eigenvalue weighted by Crippen LogP contribution is 2.59. The van der Waals surface area contributed by atoms with Gasteiger partial charge in [-0.3, -0.25) is 5.01 Å². The summed E-state index contributed by atoms with van der Waals surface area (Å²) in [5.41, 5.74) is 1.17. The lowest BCUT2D eigenvalue weighted by molar-refractivity contribution is -0.192. The summed E-state index contributed by atoms with van der Waals surface area (Å²) in [5, 5.41) is 10.2. The second-order valence-corrected chi connectivity index (χ2v) is 7.04. The predicted molar refractivity (Wildman–Crippen MR) is 99.0 cm³/mol. The van der Waals surface area contributed by atoms with Gasteiger partial charge in [0.25, 0.3) is 0 Å². The summed E-state index contributed by atoms with van der Waals surface area (Å²) < 4.78 is 44.0. The van der Waals surface area contributed by atoms with Gasteiger partial charge in [0.15, 0.2) is 0 Å². The van der Waals surface area contributed by atoms with Crippen LogP contribution in [0.2, 0.25) is 5.15 Å². The van der Waals surface area contributed by atoms with Gasteiger partial charge >= 0.3 is 12.1 Å². The van der Waals surface area contributed by atoms with Gasteiger partial charge in [-0.2, -0.15) is 18.6 Å². The molecule has 0 amide bonds. The number of pyridine rings is 1. The minimum absolute atomic E-state index is 0.0263. The Bertz CT molecular complexity index is 724. The quantitative estimate of drug-likeness (QED) is 0.645. The van der Waals surface area contributed by atoms with Crippen LogP contribution < -0.4 is 10.4 Å². The Morgan fingerprint density at radius 1 is 1.43 bits per heavy atom. The molecule has 6 nitrogen and oxygen atoms in total. The van der Waals surface area contributed by atoms with Crippen LogP contribution in [-0.2, 0) is 4.74 Å². The fourth-order valence-corrected chi connectivity index (χ4v) is 2.78. The third-order valence-corrected chi connectivity index (χ3v) is 4.61. The van der Waals surface area contributed by atoms with E-state index in [0.717, 1.165) is 0 Å². The van der Waals surface area contributed by atoms with E-state index < -0.39 is 23.8 Å². The highest BCUT2D eigenvalue weighted by Gasteiger charge is 2.62. The molecular weight excluding hydrogens is 399 g/mol. The SMILES string of the molecule is CCC.O=C(O)c1ccc(N2C=CC(OCCC3(C(F)(F)F)CC3)N2)nc1Cl. The van der Waals surface area contributed by atoms with Crippen LogP contribution in [0.1, 0.15) is 49.9 Å². The van der Waals surface area contributed by atoms with Crippen LogP contribution in [0, 0.1) is 5.41 Å². The monoisotopic (exact) mass is 421 g/mol. The zero-order valence-corrected chi connectivity index (χ0v) is 16.3. The van der Waals surface area contributed by atoms with Crippen molar-refractivity contribution in [2.45, 2.75) is 51.9 Å². The van der Waals surface area contributed by atoms with E-state index in [1.165, 1.54) is 23.6 Å². The molecule has 0 bridgehead atoms. The number of anilines is 1. The highest BCUT2D eigenvalue weighted by molar-refractivity contribution is 6.32. The Labute approximate surface area is 166 Å². The smallest absolute Gasteiger partial charge is 0.394 e. The number of ether oxygens (including phenoxy) is 1. The van der Waals surface area contributed by atoms with E-state index in [1.54, 1.807) is 12.3 Å². The van der Waals surface area contributed by atoms with Gasteiger partial charge in [-0.25, -0.2) is 9.78 Å². The van der Waals surface area contributed by atoms with Gasteiger partial charge in [-0.05, 0) is 37.5 Å². The van der Waals surface area contributed by atoms with Crippen molar-refractivity contribution in [3.63, 3.8) is 0 Å². The number of hydrazine groups is 1. The third kappa shape index (κ3) is 5.36. The van der Waals surface area contributed by atoms with Crippen LogP contribution in [0.3, 0.4) is 0 Å². The zero-order chi connectivity index (χ0) is 20.9. The minimum atomic E-state index is -4.19. The molecule has 2 heterocycles. The summed E-state index contributed by atoms with van der Waals surface area (Å²) in [6.07, 6.45) is -0.0951. The van der Waals surface area contributed by atoms with Crippen LogP contribution in [0.25, 0.3) is 0 Å². The maximum Gasteiger partial charge on any atom is 0.394 e. The number of carbonyl (C=O) groups is 1. The molecule has 0 saturated heterocycles. The molecule has 1 aliphatic carbocycles. The fourth-order valence-electron chi connectivity index (χ4n) is 2.55. The molecule has 1 atom stereocenters. The average Bonchev–Trinajstić information content (AvgIpc) is 3.26. The first-order valence-corrected chi connectivity index (χ1v) is 9.33. The number of alkyl halides is 3. The number of rotatable bonds is 6. The summed E-state index contributed by atoms with van der Waals surface area (Å²) in [6, 6.07) is 2.77. The van der Waals surface area contributed by atoms with E-state index in [9.17, 15) is 18.0 Å². The van der Waals surface area contributed by atoms with Crippen molar-refractivity contribution in [3.8, 4) is 0 Å². The number of carboxylic acids is 1. The maximum atomic E-state index is 12.9. The second-order valence-electron chi connectivity index (χ2n) is 6.68. The van der Waals surface area contributed by atoms with Gasteiger partial charge in [0.2, 0.25) is 0 Å². The highest BCUT2D eigenvalue weighted by atomic mass is 35.5. The van der Waals surface area contributed by atoms with Gasteiger partial charge < -0.3 is 9.84 Å². The molecule has 0 aromatic carbocycles. The van der Waals surface area contributed by atoms with Gasteiger partial charge in [-0.1, -0.05) is 31.9 Å². The number of halogens is 4. The van der Waals surface area contributed by atoms with Crippen molar-refractivity contribution in [1.29, 1.82) is 0 Å². The summed E-state index contributed by atoms with van der Waals surface area (Å²) in [7, 11) is 0. The van der Waals surface area contributed by atoms with E-state index in [0.29, 0.717) is 5.82 Å². The number of aromatic carboxylic acids is 1. The molecule has 2 N–H and O–H groups in total. The van der Waals surface area contributed by atoms with Crippen molar-refractivity contribution in [1.82, 2.24) is 10.4 Å². The van der Waals surface area contributed by atoms with Gasteiger partial charge in [0, 0.05) is 12.8 Å². The Balaban J connectivity index is 0.000000878. The molecule has 1 unspecified atom stereocenters. The lowest BCUT2D eigenvalue weighted by atomic mass is 10.0. The number of hydrogen-bond acceptors (Lipinski definition) is 5. The number of carboxylic acid groups (broad SMARTS) is 1. The molecule has 1 aromatic rings. The zero-order valence-electron chi connectivity index (χ0n) is 15.6. The molecule has 3 rings (SSSR count). The first-order valence-electron chi connectivity index (χ1n) is 8.95. The van der Waals surface area contributed by atoms with E-state index in [1.807, 2.05) is 0 Å². The number of nitrogens with zero attached hydrogens (tertiary/aromatic N) is 2. The van der Waals surface area contributed by atoms with E-state index in [2.05, 4.69) is 24.3 Å². The molecule has 1 fully saturated rings. The molecular formula is C18H23ClF3N3O3. The summed E-state index contributed by atoms with van der Waals surface area (Å²) in [6.45, 7) is 4.22. The minimum Gasteiger partial charge on any atom is -0.478 e. The van der Waals surface area contributed by atoms with Crippen LogP contribution >= 0.6 is 11.6 Å². The summed E-state index contributed by atoms with van der Waals surface area (Å²) in [4.78, 5) is 14.9. The molecule has 0 spiro atoms. The molecule has 10 heteroatoms. The predicted octanol–water partition coefficient (Wildman–Crippen LogP) is 4.76. The summed E-state index contributed by atoms with van der Waals surface area (Å²) >= 11 is 5.81. The second kappa shape index (κ2) is 9.11. The third-order valence-electron chi connectivity index (χ3n) is 4.32. The standard InChI is InChI=1S/C15H15ClF3N3O3.C3H8/c16-12-9(13(23)24)1-2-10(20-12)22-7-3-11(21-22)25-8-6-14(4-5-14)15(17,18)19;1-3-2/h1-3,7,11,21H,4-6,8H2,(H,23,24);3H2,1-2H3. The maximum absolute atomic E-state index is 12.9. The van der Waals surface area contributed by atoms with Crippen LogP contribution in [0.4, 0.5) is 19.0 Å². The Kier molecular flexibility index (Phi) is 7.30. The number of hydrogen-bond donors (Lipinski definition) is 2. The van der Waals surface area contributed by atoms with E-state index in [4.69, 9.17) is 21.4 Å². The van der Waals surface area contributed by atoms with Gasteiger partial charge in [0.1, 0.15) is 17.2 Å². The molecule has 28 heavy (non-hydrogen) atoms. The Morgan fingerprint density at radius 2 is 2.07 bits per heavy atom. The first kappa shape index (κ1) is 22.4. The Hall–Kier alpha value is -1.84. The van der Waals surface area contributed by atoms with Gasteiger partial charge in [-0.15, -0.1) is 0 Å². The molecule has 1 aliphatic heterocycles. The topological polar surface area (TPSA) is 74.7 Å². The van der Waals surface area contributed by atoms with E-state index in [-0.39, 0.29) is 36.6 Å². The molecule has 1 saturated carbocycles. The van der Waals surface area contributed by atoms with Crippen molar-refractivity contribution in [3.05, 3.63) is 35.1 Å². The molecule has 0 radical (unpaired) electrons. The lowest BCUT2D eigenvalue weighted by Gasteiger charge is -2.22. The Morgan fingerprint density at radius 3 is 2.57 bits per heavy atom. The van der Waals surface area contributed by atoms with Crippen LogP contribution in [-0.4, -0.2) is 35.1 Å². The normalized spacial score (nSPS) is 19.9. The lowest BCUT2D eigenvalue weighted by Crippen LogP contribution is -2.38. The van der Waals surface area contributed by atoms with E-state index >= 15 is 0 Å². The van der Waals surface area contributed by atoms with Crippen LogP contribution in [0.15, 0.2) is 24.4 Å². The number of aromatic nitrogens is 1. The van der Waals surface area contributed by atoms with Gasteiger partial charge in [0.05, 0.1) is 11.0 Å². The average molecular weight is 422 g/mol. The van der Waals surface area contributed by atoms with Crippen molar-refractivity contribution in [2.24, 2.45) is 5.41 Å². The van der Waals surface area contributed by atoms with Crippen molar-refractivity contribution in [2.75, 3.05) is 11.6 Å². The van der Waals surface area contributed by atoms with Crippen LogP contribution in [0.5, 0.6) is 0 Å². The number of nitrogens with one attached hydrogen (secondary N) is 1. The largest absolute Gasteiger partial charge is 0.478 e. The first-order chi connectivity index (χ1) is 13.1. The summed E-state index contributed by atoms with van der Waals surface area (Å²) in [5.74, 6) is -0.847. The fraction of sp³-hybridized carbons (Fsp3) is 0.556. The van der Waals surface area contributed by atoms with Crippen molar-refractivity contribution < 1.29 is 27.8 Å². The van der Waals surface area contributed by atoms with Crippen molar-refractivity contribution >= 4 is 23.4 Å². The molecule has 2 aliphatic rings.